The maximum Gasteiger partial charge on any atom is 0.326 e. The molecule has 0 spiro atoms. The number of aliphatic carboxylic acids is 1. The SMILES string of the molecule is CC(=O)Nc1ccc(C(=O)N[C@H](C(=O)O)[C@@H]2CCCC(=O)C2)cc1. The summed E-state index contributed by atoms with van der Waals surface area (Å²) < 4.78 is 0. The first-order chi connectivity index (χ1) is 11.4. The molecule has 2 rings (SSSR count). The van der Waals surface area contributed by atoms with Crippen LogP contribution in [-0.2, 0) is 14.4 Å². The van der Waals surface area contributed by atoms with E-state index in [2.05, 4.69) is 10.6 Å². The van der Waals surface area contributed by atoms with Gasteiger partial charge in [-0.2, -0.15) is 0 Å². The lowest BCUT2D eigenvalue weighted by molar-refractivity contribution is -0.141. The van der Waals surface area contributed by atoms with Gasteiger partial charge in [-0.1, -0.05) is 0 Å². The van der Waals surface area contributed by atoms with Crippen molar-refractivity contribution in [2.45, 2.75) is 38.6 Å². The van der Waals surface area contributed by atoms with E-state index in [-0.39, 0.29) is 29.6 Å². The van der Waals surface area contributed by atoms with Crippen molar-refractivity contribution >= 4 is 29.3 Å². The third-order valence-electron chi connectivity index (χ3n) is 4.01. The predicted molar refractivity (Wildman–Crippen MR) is 86.6 cm³/mol. The smallest absolute Gasteiger partial charge is 0.326 e. The van der Waals surface area contributed by atoms with E-state index in [0.29, 0.717) is 24.9 Å². The molecule has 1 aliphatic rings. The molecule has 0 saturated heterocycles. The van der Waals surface area contributed by atoms with Crippen LogP contribution in [0.1, 0.15) is 43.0 Å². The van der Waals surface area contributed by atoms with Gasteiger partial charge in [-0.15, -0.1) is 0 Å². The summed E-state index contributed by atoms with van der Waals surface area (Å²) in [5.74, 6) is -2.23. The number of rotatable bonds is 5. The molecule has 1 fully saturated rings. The van der Waals surface area contributed by atoms with Crippen molar-refractivity contribution in [3.63, 3.8) is 0 Å². The minimum atomic E-state index is -1.14. The third-order valence-corrected chi connectivity index (χ3v) is 4.01. The van der Waals surface area contributed by atoms with E-state index < -0.39 is 17.9 Å². The molecule has 128 valence electrons. The van der Waals surface area contributed by atoms with Gasteiger partial charge in [-0.3, -0.25) is 14.4 Å². The minimum absolute atomic E-state index is 0.0337. The highest BCUT2D eigenvalue weighted by Crippen LogP contribution is 2.25. The van der Waals surface area contributed by atoms with Crippen molar-refractivity contribution in [2.24, 2.45) is 5.92 Å². The first-order valence-corrected chi connectivity index (χ1v) is 7.80. The maximum atomic E-state index is 12.3. The van der Waals surface area contributed by atoms with Crippen LogP contribution in [0.2, 0.25) is 0 Å². The number of ketones is 1. The fourth-order valence-corrected chi connectivity index (χ4v) is 2.86. The van der Waals surface area contributed by atoms with Crippen LogP contribution in [0.25, 0.3) is 0 Å². The molecule has 2 amide bonds. The zero-order chi connectivity index (χ0) is 17.7. The number of carbonyl (C=O) groups excluding carboxylic acids is 3. The van der Waals surface area contributed by atoms with Crippen LogP contribution in [0.5, 0.6) is 0 Å². The summed E-state index contributed by atoms with van der Waals surface area (Å²) in [4.78, 5) is 46.3. The summed E-state index contributed by atoms with van der Waals surface area (Å²) in [5, 5.41) is 14.5. The second kappa shape index (κ2) is 7.72. The third kappa shape index (κ3) is 4.65. The Hall–Kier alpha value is -2.70. The molecule has 7 nitrogen and oxygen atoms in total. The van der Waals surface area contributed by atoms with E-state index in [1.165, 1.54) is 19.1 Å². The number of carboxylic acid groups (broad SMARTS) is 1. The molecule has 0 bridgehead atoms. The van der Waals surface area contributed by atoms with Crippen molar-refractivity contribution in [3.05, 3.63) is 29.8 Å². The monoisotopic (exact) mass is 332 g/mol. The second-order valence-electron chi connectivity index (χ2n) is 5.94. The number of carbonyl (C=O) groups is 4. The van der Waals surface area contributed by atoms with Crippen LogP contribution in [0.4, 0.5) is 5.69 Å². The molecule has 2 atom stereocenters. The Balaban J connectivity index is 2.06. The number of amides is 2. The number of benzene rings is 1. The lowest BCUT2D eigenvalue weighted by Crippen LogP contribution is -2.47. The molecule has 0 aromatic heterocycles. The van der Waals surface area contributed by atoms with Crippen LogP contribution in [0, 0.1) is 5.92 Å². The van der Waals surface area contributed by atoms with Crippen LogP contribution >= 0.6 is 0 Å². The quantitative estimate of drug-likeness (QED) is 0.758. The summed E-state index contributed by atoms with van der Waals surface area (Å²) in [6, 6.07) is 5.06. The fraction of sp³-hybridized carbons (Fsp3) is 0.412. The lowest BCUT2D eigenvalue weighted by atomic mass is 9.83. The second-order valence-corrected chi connectivity index (χ2v) is 5.94. The van der Waals surface area contributed by atoms with Crippen LogP contribution in [0.15, 0.2) is 24.3 Å². The molecule has 1 saturated carbocycles. The Morgan fingerprint density at radius 2 is 1.88 bits per heavy atom. The highest BCUT2D eigenvalue weighted by Gasteiger charge is 2.33. The number of hydrogen-bond donors (Lipinski definition) is 3. The predicted octanol–water partition coefficient (Wildman–Crippen LogP) is 1.59. The Bertz CT molecular complexity index is 653. The van der Waals surface area contributed by atoms with Crippen LogP contribution in [-0.4, -0.2) is 34.7 Å². The standard InChI is InChI=1S/C17H20N2O5/c1-10(20)18-13-7-5-11(6-8-13)16(22)19-15(17(23)24)12-3-2-4-14(21)9-12/h5-8,12,15H,2-4,9H2,1H3,(H,18,20)(H,19,22)(H,23,24)/t12-,15+/m1/s1. The van der Waals surface area contributed by atoms with Crippen LogP contribution < -0.4 is 10.6 Å². The molecule has 0 radical (unpaired) electrons. The Labute approximate surface area is 139 Å². The molecular formula is C17H20N2O5. The first kappa shape index (κ1) is 17.7. The molecule has 24 heavy (non-hydrogen) atoms. The highest BCUT2D eigenvalue weighted by atomic mass is 16.4. The molecule has 1 aromatic rings. The molecule has 3 N–H and O–H groups in total. The van der Waals surface area contributed by atoms with Gasteiger partial charge >= 0.3 is 5.97 Å². The summed E-state index contributed by atoms with van der Waals surface area (Å²) >= 11 is 0. The molecule has 0 heterocycles. The van der Waals surface area contributed by atoms with Gasteiger partial charge in [-0.25, -0.2) is 4.79 Å². The minimum Gasteiger partial charge on any atom is -0.480 e. The molecule has 1 aliphatic carbocycles. The average Bonchev–Trinajstić information content (AvgIpc) is 2.52. The highest BCUT2D eigenvalue weighted by molar-refractivity contribution is 5.97. The van der Waals surface area contributed by atoms with Crippen LogP contribution in [0.3, 0.4) is 0 Å². The normalized spacial score (nSPS) is 18.5. The largest absolute Gasteiger partial charge is 0.480 e. The van der Waals surface area contributed by atoms with Gasteiger partial charge in [0.15, 0.2) is 0 Å². The Morgan fingerprint density at radius 3 is 2.42 bits per heavy atom. The summed E-state index contributed by atoms with van der Waals surface area (Å²) in [6.07, 6.45) is 1.90. The number of hydrogen-bond acceptors (Lipinski definition) is 4. The zero-order valence-corrected chi connectivity index (χ0v) is 13.4. The van der Waals surface area contributed by atoms with Gasteiger partial charge in [0, 0.05) is 31.0 Å². The number of anilines is 1. The van der Waals surface area contributed by atoms with Crippen molar-refractivity contribution < 1.29 is 24.3 Å². The zero-order valence-electron chi connectivity index (χ0n) is 13.4. The van der Waals surface area contributed by atoms with E-state index in [1.807, 2.05) is 0 Å². The van der Waals surface area contributed by atoms with E-state index in [1.54, 1.807) is 12.1 Å². The molecule has 0 aliphatic heterocycles. The average molecular weight is 332 g/mol. The van der Waals surface area contributed by atoms with Crippen molar-refractivity contribution in [2.75, 3.05) is 5.32 Å². The topological polar surface area (TPSA) is 113 Å². The van der Waals surface area contributed by atoms with Crippen molar-refractivity contribution in [1.29, 1.82) is 0 Å². The van der Waals surface area contributed by atoms with E-state index in [9.17, 15) is 24.3 Å². The van der Waals surface area contributed by atoms with E-state index in [0.717, 1.165) is 0 Å². The summed E-state index contributed by atoms with van der Waals surface area (Å²) in [5.41, 5.74) is 0.837. The van der Waals surface area contributed by atoms with Crippen molar-refractivity contribution in [1.82, 2.24) is 5.32 Å². The van der Waals surface area contributed by atoms with Gasteiger partial charge in [0.05, 0.1) is 0 Å². The van der Waals surface area contributed by atoms with E-state index >= 15 is 0 Å². The molecule has 7 heteroatoms. The number of nitrogens with one attached hydrogen (secondary N) is 2. The molecule has 0 unspecified atom stereocenters. The first-order valence-electron chi connectivity index (χ1n) is 7.80. The number of carboxylic acids is 1. The van der Waals surface area contributed by atoms with Gasteiger partial charge in [0.25, 0.3) is 5.91 Å². The van der Waals surface area contributed by atoms with Crippen molar-refractivity contribution in [3.8, 4) is 0 Å². The lowest BCUT2D eigenvalue weighted by Gasteiger charge is -2.27. The fourth-order valence-electron chi connectivity index (χ4n) is 2.86. The maximum absolute atomic E-state index is 12.3. The summed E-state index contributed by atoms with van der Waals surface area (Å²) in [6.45, 7) is 1.38. The molecule has 1 aromatic carbocycles. The molecular weight excluding hydrogens is 312 g/mol. The number of Topliss-reactive ketones (excluding diaryl/α,β-unsaturated/α-hetero) is 1. The van der Waals surface area contributed by atoms with Gasteiger partial charge < -0.3 is 15.7 Å². The summed E-state index contributed by atoms with van der Waals surface area (Å²) in [7, 11) is 0. The van der Waals surface area contributed by atoms with Gasteiger partial charge in [0.2, 0.25) is 5.91 Å². The van der Waals surface area contributed by atoms with Gasteiger partial charge in [0.1, 0.15) is 11.8 Å². The van der Waals surface area contributed by atoms with E-state index in [4.69, 9.17) is 0 Å². The Morgan fingerprint density at radius 1 is 1.21 bits per heavy atom. The van der Waals surface area contributed by atoms with Gasteiger partial charge in [-0.05, 0) is 43.0 Å². The Kier molecular flexibility index (Phi) is 5.68.